The Kier molecular flexibility index (Phi) is 5.77. The molecule has 1 aromatic heterocycles. The Morgan fingerprint density at radius 3 is 2.55 bits per heavy atom. The van der Waals surface area contributed by atoms with Gasteiger partial charge >= 0.3 is 6.01 Å². The number of rotatable bonds is 5. The molecule has 112 valence electrons. The zero-order valence-corrected chi connectivity index (χ0v) is 13.0. The monoisotopic (exact) mass is 277 g/mol. The van der Waals surface area contributed by atoms with Crippen LogP contribution in [0.2, 0.25) is 0 Å². The topological polar surface area (TPSA) is 47.0 Å². The maximum absolute atomic E-state index is 5.95. The van der Waals surface area contributed by atoms with E-state index in [1.54, 1.807) is 0 Å². The Morgan fingerprint density at radius 2 is 1.95 bits per heavy atom. The molecule has 0 aromatic carbocycles. The quantitative estimate of drug-likeness (QED) is 0.838. The van der Waals surface area contributed by atoms with Gasteiger partial charge in [-0.05, 0) is 32.6 Å². The van der Waals surface area contributed by atoms with E-state index in [1.165, 1.54) is 25.7 Å². The first-order chi connectivity index (χ1) is 9.65. The normalized spacial score (nSPS) is 17.2. The molecule has 0 radical (unpaired) electrons. The van der Waals surface area contributed by atoms with Crippen molar-refractivity contribution in [3.05, 3.63) is 17.5 Å². The maximum atomic E-state index is 5.95. The van der Waals surface area contributed by atoms with E-state index in [2.05, 4.69) is 29.1 Å². The number of nitrogens with zero attached hydrogens (tertiary/aromatic N) is 2. The molecule has 0 unspecified atom stereocenters. The maximum Gasteiger partial charge on any atom is 0.316 e. The SMILES string of the molecule is Cc1nc(OC2CCCCCC2)ncc1CNC(C)C. The number of hydrogen-bond acceptors (Lipinski definition) is 4. The highest BCUT2D eigenvalue weighted by molar-refractivity contribution is 5.17. The second-order valence-corrected chi connectivity index (χ2v) is 6.03. The summed E-state index contributed by atoms with van der Waals surface area (Å²) in [5.41, 5.74) is 2.16. The molecular weight excluding hydrogens is 250 g/mol. The summed E-state index contributed by atoms with van der Waals surface area (Å²) in [5.74, 6) is 0. The summed E-state index contributed by atoms with van der Waals surface area (Å²) in [7, 11) is 0. The van der Waals surface area contributed by atoms with Crippen LogP contribution in [-0.4, -0.2) is 22.1 Å². The molecule has 1 N–H and O–H groups in total. The molecule has 1 aliphatic carbocycles. The molecule has 0 aliphatic heterocycles. The van der Waals surface area contributed by atoms with Crippen molar-refractivity contribution in [1.29, 1.82) is 0 Å². The molecule has 0 bridgehead atoms. The average Bonchev–Trinajstić information content (AvgIpc) is 2.66. The van der Waals surface area contributed by atoms with Gasteiger partial charge in [0.1, 0.15) is 6.10 Å². The van der Waals surface area contributed by atoms with Gasteiger partial charge in [-0.1, -0.05) is 26.7 Å². The number of nitrogens with one attached hydrogen (secondary N) is 1. The van der Waals surface area contributed by atoms with Crippen molar-refractivity contribution < 1.29 is 4.74 Å². The van der Waals surface area contributed by atoms with Crippen molar-refractivity contribution >= 4 is 0 Å². The predicted molar refractivity (Wildman–Crippen MR) is 80.9 cm³/mol. The summed E-state index contributed by atoms with van der Waals surface area (Å²) in [6.45, 7) is 7.12. The van der Waals surface area contributed by atoms with E-state index in [0.717, 1.165) is 30.6 Å². The minimum Gasteiger partial charge on any atom is -0.460 e. The van der Waals surface area contributed by atoms with Gasteiger partial charge in [0.25, 0.3) is 0 Å². The average molecular weight is 277 g/mol. The first-order valence-electron chi connectivity index (χ1n) is 7.87. The molecule has 0 amide bonds. The Morgan fingerprint density at radius 1 is 1.25 bits per heavy atom. The van der Waals surface area contributed by atoms with Crippen molar-refractivity contribution in [3.8, 4) is 6.01 Å². The van der Waals surface area contributed by atoms with Crippen LogP contribution in [0.15, 0.2) is 6.20 Å². The zero-order valence-electron chi connectivity index (χ0n) is 13.0. The van der Waals surface area contributed by atoms with Crippen molar-refractivity contribution in [1.82, 2.24) is 15.3 Å². The summed E-state index contributed by atoms with van der Waals surface area (Å²) >= 11 is 0. The van der Waals surface area contributed by atoms with Crippen LogP contribution in [0.3, 0.4) is 0 Å². The lowest BCUT2D eigenvalue weighted by Gasteiger charge is -2.16. The molecule has 1 heterocycles. The van der Waals surface area contributed by atoms with Gasteiger partial charge < -0.3 is 10.1 Å². The molecule has 1 aliphatic rings. The number of aryl methyl sites for hydroxylation is 1. The summed E-state index contributed by atoms with van der Waals surface area (Å²) in [4.78, 5) is 8.87. The predicted octanol–water partition coefficient (Wildman–Crippen LogP) is 3.38. The fraction of sp³-hybridized carbons (Fsp3) is 0.750. The minimum absolute atomic E-state index is 0.302. The van der Waals surface area contributed by atoms with Gasteiger partial charge in [-0.2, -0.15) is 0 Å². The van der Waals surface area contributed by atoms with E-state index in [4.69, 9.17) is 4.74 Å². The Balaban J connectivity index is 1.93. The highest BCUT2D eigenvalue weighted by Crippen LogP contribution is 2.21. The third-order valence-electron chi connectivity index (χ3n) is 3.83. The molecule has 20 heavy (non-hydrogen) atoms. The van der Waals surface area contributed by atoms with E-state index in [0.29, 0.717) is 18.2 Å². The molecule has 4 nitrogen and oxygen atoms in total. The lowest BCUT2D eigenvalue weighted by molar-refractivity contribution is 0.167. The van der Waals surface area contributed by atoms with Gasteiger partial charge in [-0.15, -0.1) is 0 Å². The fourth-order valence-corrected chi connectivity index (χ4v) is 2.52. The van der Waals surface area contributed by atoms with Gasteiger partial charge in [0.15, 0.2) is 0 Å². The minimum atomic E-state index is 0.302. The van der Waals surface area contributed by atoms with E-state index < -0.39 is 0 Å². The molecule has 0 saturated heterocycles. The molecule has 0 spiro atoms. The lowest BCUT2D eigenvalue weighted by Crippen LogP contribution is -2.23. The van der Waals surface area contributed by atoms with Crippen molar-refractivity contribution in [2.45, 2.75) is 78.0 Å². The van der Waals surface area contributed by atoms with Gasteiger partial charge in [-0.3, -0.25) is 0 Å². The third-order valence-corrected chi connectivity index (χ3v) is 3.83. The van der Waals surface area contributed by atoms with Crippen LogP contribution in [-0.2, 0) is 6.54 Å². The molecule has 1 aromatic rings. The molecule has 4 heteroatoms. The molecule has 0 atom stereocenters. The van der Waals surface area contributed by atoms with Crippen molar-refractivity contribution in [2.75, 3.05) is 0 Å². The highest BCUT2D eigenvalue weighted by atomic mass is 16.5. The summed E-state index contributed by atoms with van der Waals surface area (Å²) in [6, 6.07) is 1.01. The van der Waals surface area contributed by atoms with Crippen LogP contribution in [0.5, 0.6) is 6.01 Å². The van der Waals surface area contributed by atoms with Gasteiger partial charge in [0, 0.05) is 30.0 Å². The smallest absolute Gasteiger partial charge is 0.316 e. The standard InChI is InChI=1S/C16H27N3O/c1-12(2)17-10-14-11-18-16(19-13(14)3)20-15-8-6-4-5-7-9-15/h11-12,15,17H,4-10H2,1-3H3. The number of aromatic nitrogens is 2. The van der Waals surface area contributed by atoms with Gasteiger partial charge in [-0.25, -0.2) is 9.97 Å². The summed E-state index contributed by atoms with van der Waals surface area (Å²) < 4.78 is 5.95. The van der Waals surface area contributed by atoms with Crippen LogP contribution in [0, 0.1) is 6.92 Å². The first kappa shape index (κ1) is 15.2. The Bertz CT molecular complexity index is 412. The van der Waals surface area contributed by atoms with Crippen molar-refractivity contribution in [3.63, 3.8) is 0 Å². The lowest BCUT2D eigenvalue weighted by atomic mass is 10.1. The van der Waals surface area contributed by atoms with E-state index in [9.17, 15) is 0 Å². The van der Waals surface area contributed by atoms with Gasteiger partial charge in [0.05, 0.1) is 0 Å². The molecule has 1 saturated carbocycles. The van der Waals surface area contributed by atoms with Crippen LogP contribution >= 0.6 is 0 Å². The Hall–Kier alpha value is -1.16. The zero-order chi connectivity index (χ0) is 14.4. The number of hydrogen-bond donors (Lipinski definition) is 1. The van der Waals surface area contributed by atoms with Crippen molar-refractivity contribution in [2.24, 2.45) is 0 Å². The second-order valence-electron chi connectivity index (χ2n) is 6.03. The summed E-state index contributed by atoms with van der Waals surface area (Å²) in [6.07, 6.45) is 9.66. The Labute approximate surface area is 122 Å². The highest BCUT2D eigenvalue weighted by Gasteiger charge is 2.15. The van der Waals surface area contributed by atoms with Crippen LogP contribution < -0.4 is 10.1 Å². The molecule has 1 fully saturated rings. The third kappa shape index (κ3) is 4.75. The van der Waals surface area contributed by atoms with Crippen LogP contribution in [0.1, 0.15) is 63.6 Å². The fourth-order valence-electron chi connectivity index (χ4n) is 2.52. The number of ether oxygens (including phenoxy) is 1. The summed E-state index contributed by atoms with van der Waals surface area (Å²) in [5, 5.41) is 3.39. The van der Waals surface area contributed by atoms with E-state index >= 15 is 0 Å². The molecular formula is C16H27N3O. The van der Waals surface area contributed by atoms with E-state index in [-0.39, 0.29) is 0 Å². The first-order valence-corrected chi connectivity index (χ1v) is 7.87. The second kappa shape index (κ2) is 7.58. The van der Waals surface area contributed by atoms with Crippen LogP contribution in [0.4, 0.5) is 0 Å². The van der Waals surface area contributed by atoms with Gasteiger partial charge in [0.2, 0.25) is 0 Å². The largest absolute Gasteiger partial charge is 0.460 e. The molecule has 2 rings (SSSR count). The van der Waals surface area contributed by atoms with E-state index in [1.807, 2.05) is 13.1 Å². The van der Waals surface area contributed by atoms with Crippen LogP contribution in [0.25, 0.3) is 0 Å².